The third kappa shape index (κ3) is 6.46. The van der Waals surface area contributed by atoms with Gasteiger partial charge in [-0.3, -0.25) is 9.69 Å². The number of carbonyl (C=O) groups is 2. The van der Waals surface area contributed by atoms with Crippen LogP contribution in [-0.2, 0) is 9.47 Å². The largest absolute Gasteiger partial charge is 0.465 e. The van der Waals surface area contributed by atoms with Gasteiger partial charge in [-0.25, -0.2) is 4.79 Å². The molecule has 2 aliphatic rings. The highest BCUT2D eigenvalue weighted by Crippen LogP contribution is 2.27. The highest BCUT2D eigenvalue weighted by molar-refractivity contribution is 5.92. The van der Waals surface area contributed by atoms with E-state index in [1.807, 2.05) is 62.7 Å². The molecule has 1 unspecified atom stereocenters. The lowest BCUT2D eigenvalue weighted by molar-refractivity contribution is 0.0116. The van der Waals surface area contributed by atoms with Crippen LogP contribution >= 0.6 is 0 Å². The molecule has 2 amide bonds. The number of aromatic nitrogens is 1. The van der Waals surface area contributed by atoms with Crippen LogP contribution in [0, 0.1) is 6.92 Å². The Kier molecular flexibility index (Phi) is 7.86. The Bertz CT molecular complexity index is 994. The Labute approximate surface area is 207 Å². The number of ether oxygens (including phenoxy) is 2. The summed E-state index contributed by atoms with van der Waals surface area (Å²) in [5.41, 5.74) is 0.129. The standard InChI is InChI=1S/C26H38N4O5/c1-19-7-8-23(34-19)22(28-14-16-33-17-15-28)18-27-24(31)21-6-5-11-30(21)20-9-12-29(13-10-20)25(32)35-26(2,3)4/h5-8,11,20,22H,9-10,12-18H2,1-4H3,(H,27,31). The molecule has 0 radical (unpaired) electrons. The van der Waals surface area contributed by atoms with E-state index in [2.05, 4.69) is 10.2 Å². The van der Waals surface area contributed by atoms with Crippen LogP contribution in [0.3, 0.4) is 0 Å². The lowest BCUT2D eigenvalue weighted by Gasteiger charge is -2.35. The summed E-state index contributed by atoms with van der Waals surface area (Å²) in [5, 5.41) is 3.14. The summed E-state index contributed by atoms with van der Waals surface area (Å²) < 4.78 is 19.0. The molecule has 1 atom stereocenters. The fourth-order valence-corrected chi connectivity index (χ4v) is 4.77. The Morgan fingerprint density at radius 2 is 1.83 bits per heavy atom. The number of furan rings is 1. The fraction of sp³-hybridized carbons (Fsp3) is 0.615. The zero-order valence-electron chi connectivity index (χ0n) is 21.3. The molecule has 1 N–H and O–H groups in total. The van der Waals surface area contributed by atoms with Gasteiger partial charge in [0.1, 0.15) is 22.8 Å². The van der Waals surface area contributed by atoms with Crippen LogP contribution in [0.25, 0.3) is 0 Å². The maximum absolute atomic E-state index is 13.2. The summed E-state index contributed by atoms with van der Waals surface area (Å²) in [6.45, 7) is 12.2. The van der Waals surface area contributed by atoms with E-state index in [0.29, 0.717) is 38.5 Å². The van der Waals surface area contributed by atoms with Crippen LogP contribution in [0.1, 0.15) is 67.7 Å². The molecule has 2 aliphatic heterocycles. The Morgan fingerprint density at radius 3 is 2.46 bits per heavy atom. The van der Waals surface area contributed by atoms with Crippen LogP contribution in [0.4, 0.5) is 4.79 Å². The first-order valence-electron chi connectivity index (χ1n) is 12.5. The fourth-order valence-electron chi connectivity index (χ4n) is 4.77. The second-order valence-corrected chi connectivity index (χ2v) is 10.3. The van der Waals surface area contributed by atoms with Crippen LogP contribution in [0.15, 0.2) is 34.9 Å². The molecule has 0 saturated carbocycles. The van der Waals surface area contributed by atoms with E-state index in [9.17, 15) is 9.59 Å². The minimum Gasteiger partial charge on any atom is -0.465 e. The number of likely N-dealkylation sites (tertiary alicyclic amines) is 1. The van der Waals surface area contributed by atoms with Gasteiger partial charge < -0.3 is 28.7 Å². The maximum Gasteiger partial charge on any atom is 0.410 e. The van der Waals surface area contributed by atoms with Gasteiger partial charge in [-0.2, -0.15) is 0 Å². The van der Waals surface area contributed by atoms with Crippen molar-refractivity contribution in [1.29, 1.82) is 0 Å². The van der Waals surface area contributed by atoms with Gasteiger partial charge in [-0.15, -0.1) is 0 Å². The van der Waals surface area contributed by atoms with Crippen LogP contribution in [0.5, 0.6) is 0 Å². The average molecular weight is 487 g/mol. The number of nitrogens with zero attached hydrogens (tertiary/aromatic N) is 3. The van der Waals surface area contributed by atoms with Crippen molar-refractivity contribution in [3.63, 3.8) is 0 Å². The number of hydrogen-bond donors (Lipinski definition) is 1. The molecule has 2 aromatic rings. The number of rotatable bonds is 6. The SMILES string of the molecule is Cc1ccc(C(CNC(=O)c2cccn2C2CCN(C(=O)OC(C)(C)C)CC2)N2CCOCC2)o1. The summed E-state index contributed by atoms with van der Waals surface area (Å²) >= 11 is 0. The maximum atomic E-state index is 13.2. The number of nitrogens with one attached hydrogen (secondary N) is 1. The number of amides is 2. The first-order valence-corrected chi connectivity index (χ1v) is 12.5. The van der Waals surface area contributed by atoms with Crippen molar-refractivity contribution in [2.75, 3.05) is 45.9 Å². The van der Waals surface area contributed by atoms with E-state index >= 15 is 0 Å². The lowest BCUT2D eigenvalue weighted by Crippen LogP contribution is -2.44. The first-order chi connectivity index (χ1) is 16.7. The van der Waals surface area contributed by atoms with Gasteiger partial charge in [-0.1, -0.05) is 0 Å². The molecule has 9 nitrogen and oxygen atoms in total. The highest BCUT2D eigenvalue weighted by Gasteiger charge is 2.30. The van der Waals surface area contributed by atoms with E-state index in [-0.39, 0.29) is 24.1 Å². The average Bonchev–Trinajstić information content (AvgIpc) is 3.48. The Balaban J connectivity index is 1.37. The Morgan fingerprint density at radius 1 is 1.11 bits per heavy atom. The molecule has 35 heavy (non-hydrogen) atoms. The van der Waals surface area contributed by atoms with E-state index in [0.717, 1.165) is 37.5 Å². The van der Waals surface area contributed by atoms with Gasteiger partial charge in [0.25, 0.3) is 5.91 Å². The molecule has 0 spiro atoms. The van der Waals surface area contributed by atoms with Gasteiger partial charge in [-0.05, 0) is 64.8 Å². The number of aryl methyl sites for hydroxylation is 1. The van der Waals surface area contributed by atoms with Gasteiger partial charge >= 0.3 is 6.09 Å². The normalized spacial score (nSPS) is 18.9. The van der Waals surface area contributed by atoms with Crippen LogP contribution in [0.2, 0.25) is 0 Å². The van der Waals surface area contributed by atoms with Crippen molar-refractivity contribution in [2.45, 2.75) is 58.2 Å². The first kappa shape index (κ1) is 25.3. The molecular formula is C26H38N4O5. The smallest absolute Gasteiger partial charge is 0.410 e. The minimum atomic E-state index is -0.507. The van der Waals surface area contributed by atoms with Gasteiger partial charge in [0, 0.05) is 45.0 Å². The predicted molar refractivity (Wildman–Crippen MR) is 131 cm³/mol. The zero-order valence-corrected chi connectivity index (χ0v) is 21.3. The molecule has 192 valence electrons. The van der Waals surface area contributed by atoms with Crippen molar-refractivity contribution in [1.82, 2.24) is 19.7 Å². The zero-order chi connectivity index (χ0) is 25.0. The predicted octanol–water partition coefficient (Wildman–Crippen LogP) is 3.76. The van der Waals surface area contributed by atoms with Crippen molar-refractivity contribution >= 4 is 12.0 Å². The molecule has 9 heteroatoms. The minimum absolute atomic E-state index is 0.0444. The Hall–Kier alpha value is -2.78. The van der Waals surface area contributed by atoms with Gasteiger partial charge in [0.2, 0.25) is 0 Å². The van der Waals surface area contributed by atoms with E-state index < -0.39 is 5.60 Å². The molecule has 2 aromatic heterocycles. The van der Waals surface area contributed by atoms with Crippen LogP contribution < -0.4 is 5.32 Å². The number of piperidine rings is 1. The summed E-state index contributed by atoms with van der Waals surface area (Å²) in [6, 6.07) is 7.83. The van der Waals surface area contributed by atoms with E-state index in [1.165, 1.54) is 0 Å². The second-order valence-electron chi connectivity index (χ2n) is 10.3. The van der Waals surface area contributed by atoms with Crippen LogP contribution in [-0.4, -0.2) is 77.9 Å². The topological polar surface area (TPSA) is 89.2 Å². The number of morpholine rings is 1. The van der Waals surface area contributed by atoms with Crippen molar-refractivity contribution in [3.8, 4) is 0 Å². The molecule has 2 saturated heterocycles. The van der Waals surface area contributed by atoms with E-state index in [4.69, 9.17) is 13.9 Å². The van der Waals surface area contributed by atoms with Crippen molar-refractivity contribution in [3.05, 3.63) is 47.7 Å². The number of hydrogen-bond acceptors (Lipinski definition) is 6. The lowest BCUT2D eigenvalue weighted by atomic mass is 10.0. The quantitative estimate of drug-likeness (QED) is 0.669. The molecule has 0 aromatic carbocycles. The monoisotopic (exact) mass is 486 g/mol. The van der Waals surface area contributed by atoms with Gasteiger partial charge in [0.15, 0.2) is 0 Å². The second kappa shape index (κ2) is 10.9. The third-order valence-electron chi connectivity index (χ3n) is 6.55. The highest BCUT2D eigenvalue weighted by atomic mass is 16.6. The molecule has 4 heterocycles. The van der Waals surface area contributed by atoms with Crippen molar-refractivity contribution in [2.24, 2.45) is 0 Å². The molecule has 0 aliphatic carbocycles. The molecular weight excluding hydrogens is 448 g/mol. The molecule has 0 bridgehead atoms. The number of carbonyl (C=O) groups excluding carboxylic acids is 2. The molecule has 4 rings (SSSR count). The summed E-state index contributed by atoms with van der Waals surface area (Å²) in [6.07, 6.45) is 3.23. The van der Waals surface area contributed by atoms with Gasteiger partial charge in [0.05, 0.1) is 19.3 Å². The molecule has 2 fully saturated rings. The van der Waals surface area contributed by atoms with E-state index in [1.54, 1.807) is 4.90 Å². The summed E-state index contributed by atoms with van der Waals surface area (Å²) in [4.78, 5) is 29.7. The van der Waals surface area contributed by atoms with Crippen molar-refractivity contribution < 1.29 is 23.5 Å². The third-order valence-corrected chi connectivity index (χ3v) is 6.55. The summed E-state index contributed by atoms with van der Waals surface area (Å²) in [5.74, 6) is 1.61. The summed E-state index contributed by atoms with van der Waals surface area (Å²) in [7, 11) is 0.